The normalized spacial score (nSPS) is 10.4. The molecule has 0 saturated carbocycles. The molecule has 6 N–H and O–H groups in total. The largest absolute Gasteiger partial charge is 0.491 e. The number of nitrogen functional groups attached to an aromatic ring is 1. The predicted molar refractivity (Wildman–Crippen MR) is 142 cm³/mol. The van der Waals surface area contributed by atoms with E-state index in [0.717, 1.165) is 5.56 Å². The van der Waals surface area contributed by atoms with Crippen LogP contribution in [0, 0.1) is 5.41 Å². The van der Waals surface area contributed by atoms with Gasteiger partial charge in [0, 0.05) is 29.7 Å². The number of carbonyl (C=O) groups excluding carboxylic acids is 3. The Hall–Kier alpha value is -5.20. The highest BCUT2D eigenvalue weighted by Gasteiger charge is 2.38. The molecular formula is C28H27F3N4O6. The molecule has 0 bridgehead atoms. The van der Waals surface area contributed by atoms with Crippen molar-refractivity contribution in [2.45, 2.75) is 19.1 Å². The van der Waals surface area contributed by atoms with E-state index in [1.165, 1.54) is 0 Å². The average Bonchev–Trinajstić information content (AvgIpc) is 2.95. The molecule has 10 nitrogen and oxygen atoms in total. The standard InChI is InChI=1S/C26H26N4O4.C2HF3O2/c27-24(28)21-12-11-20(15-22(31)26(33)30-17-18-7-3-1-4-8-18)23(16-21)34-14-13-29-25(32)19-9-5-2-6-10-19;3-2(4,5)1(6)7/h1-12,16H,13-15,17H2,(H3,27,28)(H,29,32)(H,30,33);(H,6,7). The summed E-state index contributed by atoms with van der Waals surface area (Å²) in [6.07, 6.45) is -5.26. The quantitative estimate of drug-likeness (QED) is 0.102. The molecule has 216 valence electrons. The molecule has 0 aromatic heterocycles. The molecule has 0 aliphatic heterocycles. The topological polar surface area (TPSA) is 172 Å². The number of ketones is 1. The van der Waals surface area contributed by atoms with Gasteiger partial charge in [-0.3, -0.25) is 19.8 Å². The lowest BCUT2D eigenvalue weighted by atomic mass is 10.0. The number of ether oxygens (including phenoxy) is 1. The van der Waals surface area contributed by atoms with Crippen molar-refractivity contribution in [3.63, 3.8) is 0 Å². The molecule has 0 atom stereocenters. The van der Waals surface area contributed by atoms with Crippen molar-refractivity contribution < 1.29 is 42.2 Å². The minimum absolute atomic E-state index is 0.126. The maximum Gasteiger partial charge on any atom is 0.490 e. The molecule has 0 spiro atoms. The smallest absolute Gasteiger partial charge is 0.490 e. The Kier molecular flexibility index (Phi) is 12.0. The van der Waals surface area contributed by atoms with Gasteiger partial charge in [-0.2, -0.15) is 13.2 Å². The third kappa shape index (κ3) is 11.2. The van der Waals surface area contributed by atoms with Crippen molar-refractivity contribution >= 4 is 29.4 Å². The molecule has 41 heavy (non-hydrogen) atoms. The molecule has 13 heteroatoms. The number of hydrogen-bond donors (Lipinski definition) is 5. The summed E-state index contributed by atoms with van der Waals surface area (Å²) in [5.74, 6) is -4.12. The summed E-state index contributed by atoms with van der Waals surface area (Å²) >= 11 is 0. The Bertz CT molecular complexity index is 1370. The van der Waals surface area contributed by atoms with E-state index in [1.54, 1.807) is 42.5 Å². The predicted octanol–water partition coefficient (Wildman–Crippen LogP) is 2.84. The number of amidine groups is 1. The fraction of sp³-hybridized carbons (Fsp3) is 0.179. The Morgan fingerprint density at radius 2 is 1.46 bits per heavy atom. The third-order valence-corrected chi connectivity index (χ3v) is 5.20. The van der Waals surface area contributed by atoms with Crippen molar-refractivity contribution in [1.82, 2.24) is 10.6 Å². The number of rotatable bonds is 11. The van der Waals surface area contributed by atoms with Gasteiger partial charge in [0.2, 0.25) is 5.78 Å². The molecule has 3 rings (SSSR count). The molecular weight excluding hydrogens is 545 g/mol. The molecule has 0 radical (unpaired) electrons. The molecule has 0 aliphatic carbocycles. The van der Waals surface area contributed by atoms with Crippen molar-refractivity contribution in [2.75, 3.05) is 13.2 Å². The first-order chi connectivity index (χ1) is 19.4. The van der Waals surface area contributed by atoms with Crippen LogP contribution in [-0.4, -0.2) is 53.8 Å². The number of nitrogens with two attached hydrogens (primary N) is 1. The second-order valence-corrected chi connectivity index (χ2v) is 8.28. The summed E-state index contributed by atoms with van der Waals surface area (Å²) in [4.78, 5) is 45.8. The van der Waals surface area contributed by atoms with E-state index in [9.17, 15) is 27.6 Å². The first-order valence-corrected chi connectivity index (χ1v) is 12.0. The Labute approximate surface area is 232 Å². The number of carbonyl (C=O) groups is 4. The molecule has 0 fully saturated rings. The van der Waals surface area contributed by atoms with E-state index in [2.05, 4.69) is 10.6 Å². The summed E-state index contributed by atoms with van der Waals surface area (Å²) in [6.45, 7) is 0.601. The lowest BCUT2D eigenvalue weighted by molar-refractivity contribution is -0.192. The van der Waals surface area contributed by atoms with Gasteiger partial charge in [0.15, 0.2) is 0 Å². The van der Waals surface area contributed by atoms with Crippen LogP contribution in [0.3, 0.4) is 0 Å². The summed E-state index contributed by atoms with van der Waals surface area (Å²) in [5.41, 5.74) is 7.91. The lowest BCUT2D eigenvalue weighted by Gasteiger charge is -2.13. The van der Waals surface area contributed by atoms with Gasteiger partial charge < -0.3 is 26.2 Å². The zero-order valence-electron chi connectivity index (χ0n) is 21.5. The van der Waals surface area contributed by atoms with Gasteiger partial charge in [-0.1, -0.05) is 60.7 Å². The minimum atomic E-state index is -5.08. The van der Waals surface area contributed by atoms with Crippen LogP contribution < -0.4 is 21.1 Å². The van der Waals surface area contributed by atoms with E-state index in [4.69, 9.17) is 25.8 Å². The molecule has 3 aromatic rings. The fourth-order valence-corrected chi connectivity index (χ4v) is 3.15. The van der Waals surface area contributed by atoms with Crippen LogP contribution in [0.25, 0.3) is 0 Å². The van der Waals surface area contributed by atoms with Crippen LogP contribution in [-0.2, 0) is 27.3 Å². The molecule has 0 heterocycles. The summed E-state index contributed by atoms with van der Waals surface area (Å²) in [7, 11) is 0. The zero-order chi connectivity index (χ0) is 30.4. The lowest BCUT2D eigenvalue weighted by Crippen LogP contribution is -2.32. The van der Waals surface area contributed by atoms with Gasteiger partial charge in [-0.15, -0.1) is 0 Å². The second-order valence-electron chi connectivity index (χ2n) is 8.28. The Morgan fingerprint density at radius 1 is 0.878 bits per heavy atom. The number of halogens is 3. The minimum Gasteiger partial charge on any atom is -0.491 e. The second kappa shape index (κ2) is 15.4. The monoisotopic (exact) mass is 572 g/mol. The van der Waals surface area contributed by atoms with Crippen LogP contribution in [0.4, 0.5) is 13.2 Å². The van der Waals surface area contributed by atoms with E-state index in [-0.39, 0.29) is 37.9 Å². The van der Waals surface area contributed by atoms with E-state index in [0.29, 0.717) is 22.4 Å². The number of alkyl halides is 3. The zero-order valence-corrected chi connectivity index (χ0v) is 21.5. The number of nitrogens with one attached hydrogen (secondary N) is 3. The van der Waals surface area contributed by atoms with Crippen LogP contribution in [0.15, 0.2) is 78.9 Å². The van der Waals surface area contributed by atoms with Crippen molar-refractivity contribution in [3.05, 3.63) is 101 Å². The number of carboxylic acid groups (broad SMARTS) is 1. The first-order valence-electron chi connectivity index (χ1n) is 12.0. The Balaban J connectivity index is 0.000000745. The SMILES string of the molecule is N=C(N)c1ccc(CC(=O)C(=O)NCc2ccccc2)c(OCCNC(=O)c2ccccc2)c1.O=C(O)C(F)(F)F. The van der Waals surface area contributed by atoms with Crippen LogP contribution in [0.5, 0.6) is 5.75 Å². The number of carboxylic acids is 1. The van der Waals surface area contributed by atoms with Crippen LogP contribution in [0.1, 0.15) is 27.0 Å². The molecule has 2 amide bonds. The van der Waals surface area contributed by atoms with Crippen LogP contribution in [0.2, 0.25) is 0 Å². The highest BCUT2D eigenvalue weighted by molar-refractivity contribution is 6.36. The first kappa shape index (κ1) is 32.0. The number of amides is 2. The average molecular weight is 573 g/mol. The summed E-state index contributed by atoms with van der Waals surface area (Å²) < 4.78 is 37.5. The third-order valence-electron chi connectivity index (χ3n) is 5.20. The highest BCUT2D eigenvalue weighted by Crippen LogP contribution is 2.21. The number of benzene rings is 3. The van der Waals surface area contributed by atoms with Gasteiger partial charge in [0.25, 0.3) is 11.8 Å². The van der Waals surface area contributed by atoms with E-state index in [1.807, 2.05) is 36.4 Å². The summed E-state index contributed by atoms with van der Waals surface area (Å²) in [5, 5.41) is 20.1. The summed E-state index contributed by atoms with van der Waals surface area (Å²) in [6, 6.07) is 22.8. The van der Waals surface area contributed by atoms with Gasteiger partial charge in [-0.25, -0.2) is 4.79 Å². The molecule has 0 saturated heterocycles. The van der Waals surface area contributed by atoms with Gasteiger partial charge in [-0.05, 0) is 23.8 Å². The van der Waals surface area contributed by atoms with Gasteiger partial charge >= 0.3 is 12.1 Å². The van der Waals surface area contributed by atoms with Crippen molar-refractivity contribution in [1.29, 1.82) is 5.41 Å². The maximum atomic E-state index is 12.5. The van der Waals surface area contributed by atoms with E-state index >= 15 is 0 Å². The van der Waals surface area contributed by atoms with Crippen molar-refractivity contribution in [2.24, 2.45) is 5.73 Å². The number of hydrogen-bond acceptors (Lipinski definition) is 6. The van der Waals surface area contributed by atoms with Gasteiger partial charge in [0.1, 0.15) is 18.2 Å². The fourth-order valence-electron chi connectivity index (χ4n) is 3.15. The number of Topliss-reactive ketones (excluding diaryl/α,β-unsaturated/α-hetero) is 1. The molecule has 0 unspecified atom stereocenters. The van der Waals surface area contributed by atoms with E-state index < -0.39 is 23.8 Å². The van der Waals surface area contributed by atoms with Crippen molar-refractivity contribution in [3.8, 4) is 5.75 Å². The van der Waals surface area contributed by atoms with Crippen LogP contribution >= 0.6 is 0 Å². The molecule has 3 aromatic carbocycles. The van der Waals surface area contributed by atoms with Gasteiger partial charge in [0.05, 0.1) is 6.54 Å². The Morgan fingerprint density at radius 3 is 2.02 bits per heavy atom. The number of aliphatic carboxylic acids is 1. The molecule has 0 aliphatic rings. The maximum absolute atomic E-state index is 12.5. The highest BCUT2D eigenvalue weighted by atomic mass is 19.4.